The second kappa shape index (κ2) is 5.15. The van der Waals surface area contributed by atoms with Crippen LogP contribution in [0.3, 0.4) is 0 Å². The average molecular weight is 195 g/mol. The zero-order valence-corrected chi connectivity index (χ0v) is 9.62. The highest BCUT2D eigenvalue weighted by molar-refractivity contribution is 4.97. The van der Waals surface area contributed by atoms with Crippen LogP contribution in [0, 0.1) is 5.92 Å². The van der Waals surface area contributed by atoms with Gasteiger partial charge in [-0.25, -0.2) is 4.98 Å². The lowest BCUT2D eigenvalue weighted by molar-refractivity contribution is 0.447. The van der Waals surface area contributed by atoms with Gasteiger partial charge in [0.2, 0.25) is 0 Å². The number of hydrogen-bond acceptors (Lipinski definition) is 2. The highest BCUT2D eigenvalue weighted by Gasteiger charge is 2.09. The van der Waals surface area contributed by atoms with E-state index in [-0.39, 0.29) is 0 Å². The molecule has 0 spiro atoms. The van der Waals surface area contributed by atoms with Crippen LogP contribution >= 0.6 is 0 Å². The van der Waals surface area contributed by atoms with Gasteiger partial charge in [-0.05, 0) is 19.5 Å². The summed E-state index contributed by atoms with van der Waals surface area (Å²) in [5.41, 5.74) is 0. The number of nitrogens with one attached hydrogen (secondary N) is 1. The molecule has 1 heterocycles. The SMILES string of the molecule is CNCC(C)Cn1ccnc1C(C)C. The topological polar surface area (TPSA) is 29.9 Å². The van der Waals surface area contributed by atoms with Crippen molar-refractivity contribution in [3.63, 3.8) is 0 Å². The highest BCUT2D eigenvalue weighted by Crippen LogP contribution is 2.13. The van der Waals surface area contributed by atoms with Crippen LogP contribution in [0.4, 0.5) is 0 Å². The summed E-state index contributed by atoms with van der Waals surface area (Å²) in [7, 11) is 1.99. The van der Waals surface area contributed by atoms with Crippen molar-refractivity contribution in [3.05, 3.63) is 18.2 Å². The van der Waals surface area contributed by atoms with Gasteiger partial charge in [0.15, 0.2) is 0 Å². The van der Waals surface area contributed by atoms with E-state index in [1.807, 2.05) is 13.2 Å². The zero-order valence-electron chi connectivity index (χ0n) is 9.62. The molecule has 0 aliphatic heterocycles. The number of aromatic nitrogens is 2. The molecule has 1 rings (SSSR count). The molecule has 0 aliphatic carbocycles. The number of rotatable bonds is 5. The van der Waals surface area contributed by atoms with E-state index in [2.05, 4.69) is 41.8 Å². The summed E-state index contributed by atoms with van der Waals surface area (Å²) in [6, 6.07) is 0. The molecule has 3 nitrogen and oxygen atoms in total. The molecule has 1 N–H and O–H groups in total. The molecule has 3 heteroatoms. The van der Waals surface area contributed by atoms with Crippen molar-refractivity contribution >= 4 is 0 Å². The van der Waals surface area contributed by atoms with Crippen molar-refractivity contribution in [2.45, 2.75) is 33.2 Å². The Kier molecular flexibility index (Phi) is 4.14. The molecular weight excluding hydrogens is 174 g/mol. The van der Waals surface area contributed by atoms with Gasteiger partial charge in [0.05, 0.1) is 0 Å². The monoisotopic (exact) mass is 195 g/mol. The molecule has 1 unspecified atom stereocenters. The lowest BCUT2D eigenvalue weighted by Crippen LogP contribution is -2.21. The third-order valence-electron chi connectivity index (χ3n) is 2.33. The molecule has 0 bridgehead atoms. The van der Waals surface area contributed by atoms with E-state index in [1.54, 1.807) is 0 Å². The first kappa shape index (κ1) is 11.2. The van der Waals surface area contributed by atoms with Crippen LogP contribution in [-0.4, -0.2) is 23.1 Å². The Hall–Kier alpha value is -0.830. The molecule has 0 aliphatic rings. The third kappa shape index (κ3) is 2.84. The maximum absolute atomic E-state index is 4.37. The van der Waals surface area contributed by atoms with Crippen LogP contribution in [0.25, 0.3) is 0 Å². The predicted octanol–water partition coefficient (Wildman–Crippen LogP) is 1.86. The summed E-state index contributed by atoms with van der Waals surface area (Å²) in [5, 5.41) is 3.19. The van der Waals surface area contributed by atoms with Crippen molar-refractivity contribution in [1.82, 2.24) is 14.9 Å². The second-order valence-corrected chi connectivity index (χ2v) is 4.26. The Balaban J connectivity index is 2.61. The average Bonchev–Trinajstić information content (AvgIpc) is 2.52. The van der Waals surface area contributed by atoms with Gasteiger partial charge < -0.3 is 9.88 Å². The molecule has 1 atom stereocenters. The Morgan fingerprint density at radius 2 is 2.14 bits per heavy atom. The lowest BCUT2D eigenvalue weighted by Gasteiger charge is -2.15. The molecule has 80 valence electrons. The van der Waals surface area contributed by atoms with Gasteiger partial charge in [-0.1, -0.05) is 20.8 Å². The minimum Gasteiger partial charge on any atom is -0.334 e. The van der Waals surface area contributed by atoms with Crippen molar-refractivity contribution in [2.24, 2.45) is 5.92 Å². The highest BCUT2D eigenvalue weighted by atomic mass is 15.1. The first-order valence-corrected chi connectivity index (χ1v) is 5.30. The molecule has 0 radical (unpaired) electrons. The van der Waals surface area contributed by atoms with Gasteiger partial charge in [0.1, 0.15) is 5.82 Å². The molecular formula is C11H21N3. The van der Waals surface area contributed by atoms with E-state index in [0.717, 1.165) is 13.1 Å². The van der Waals surface area contributed by atoms with Gasteiger partial charge in [-0.3, -0.25) is 0 Å². The summed E-state index contributed by atoms with van der Waals surface area (Å²) in [5.74, 6) is 2.34. The minimum atomic E-state index is 0.506. The van der Waals surface area contributed by atoms with Crippen molar-refractivity contribution in [3.8, 4) is 0 Å². The zero-order chi connectivity index (χ0) is 10.6. The lowest BCUT2D eigenvalue weighted by atomic mass is 10.1. The van der Waals surface area contributed by atoms with Crippen LogP contribution in [0.5, 0.6) is 0 Å². The van der Waals surface area contributed by atoms with Crippen LogP contribution in [0.15, 0.2) is 12.4 Å². The maximum atomic E-state index is 4.37. The van der Waals surface area contributed by atoms with Gasteiger partial charge in [0.25, 0.3) is 0 Å². The first-order valence-electron chi connectivity index (χ1n) is 5.30. The van der Waals surface area contributed by atoms with E-state index in [9.17, 15) is 0 Å². The quantitative estimate of drug-likeness (QED) is 0.777. The summed E-state index contributed by atoms with van der Waals surface area (Å²) in [6.07, 6.45) is 3.96. The van der Waals surface area contributed by atoms with Crippen LogP contribution in [0.2, 0.25) is 0 Å². The van der Waals surface area contributed by atoms with Crippen molar-refractivity contribution in [1.29, 1.82) is 0 Å². The van der Waals surface area contributed by atoms with Crippen molar-refractivity contribution in [2.75, 3.05) is 13.6 Å². The molecule has 1 aromatic heterocycles. The van der Waals surface area contributed by atoms with Crippen LogP contribution < -0.4 is 5.32 Å². The van der Waals surface area contributed by atoms with E-state index in [4.69, 9.17) is 0 Å². The number of hydrogen-bond donors (Lipinski definition) is 1. The Morgan fingerprint density at radius 1 is 1.43 bits per heavy atom. The normalized spacial score (nSPS) is 13.5. The predicted molar refractivity (Wildman–Crippen MR) is 59.4 cm³/mol. The molecule has 0 saturated carbocycles. The Bertz CT molecular complexity index is 265. The third-order valence-corrected chi connectivity index (χ3v) is 2.33. The van der Waals surface area contributed by atoms with E-state index in [1.165, 1.54) is 5.82 Å². The smallest absolute Gasteiger partial charge is 0.111 e. The number of imidazole rings is 1. The maximum Gasteiger partial charge on any atom is 0.111 e. The van der Waals surface area contributed by atoms with E-state index in [0.29, 0.717) is 11.8 Å². The Labute approximate surface area is 86.5 Å². The fourth-order valence-corrected chi connectivity index (χ4v) is 1.72. The second-order valence-electron chi connectivity index (χ2n) is 4.26. The molecule has 0 fully saturated rings. The van der Waals surface area contributed by atoms with Gasteiger partial charge >= 0.3 is 0 Å². The summed E-state index contributed by atoms with van der Waals surface area (Å²) in [4.78, 5) is 4.37. The molecule has 0 amide bonds. The van der Waals surface area contributed by atoms with E-state index < -0.39 is 0 Å². The van der Waals surface area contributed by atoms with E-state index >= 15 is 0 Å². The number of nitrogens with zero attached hydrogens (tertiary/aromatic N) is 2. The Morgan fingerprint density at radius 3 is 2.71 bits per heavy atom. The molecule has 0 aromatic carbocycles. The van der Waals surface area contributed by atoms with Crippen LogP contribution in [0.1, 0.15) is 32.5 Å². The summed E-state index contributed by atoms with van der Waals surface area (Å²) in [6.45, 7) is 8.72. The summed E-state index contributed by atoms with van der Waals surface area (Å²) >= 11 is 0. The van der Waals surface area contributed by atoms with Gasteiger partial charge in [0, 0.05) is 24.9 Å². The van der Waals surface area contributed by atoms with Crippen LogP contribution in [-0.2, 0) is 6.54 Å². The fourth-order valence-electron chi connectivity index (χ4n) is 1.72. The summed E-state index contributed by atoms with van der Waals surface area (Å²) < 4.78 is 2.26. The standard InChI is InChI=1S/C11H21N3/c1-9(2)11-13-5-6-14(11)8-10(3)7-12-4/h5-6,9-10,12H,7-8H2,1-4H3. The molecule has 0 saturated heterocycles. The van der Waals surface area contributed by atoms with Crippen molar-refractivity contribution < 1.29 is 0 Å². The molecule has 14 heavy (non-hydrogen) atoms. The minimum absolute atomic E-state index is 0.506. The van der Waals surface area contributed by atoms with Gasteiger partial charge in [-0.15, -0.1) is 0 Å². The van der Waals surface area contributed by atoms with Gasteiger partial charge in [-0.2, -0.15) is 0 Å². The first-order chi connectivity index (χ1) is 6.65. The fraction of sp³-hybridized carbons (Fsp3) is 0.727. The largest absolute Gasteiger partial charge is 0.334 e. The molecule has 1 aromatic rings.